The van der Waals surface area contributed by atoms with Crippen LogP contribution in [0, 0.1) is 0 Å². The van der Waals surface area contributed by atoms with Crippen molar-refractivity contribution in [2.75, 3.05) is 36.0 Å². The van der Waals surface area contributed by atoms with Crippen molar-refractivity contribution in [1.29, 1.82) is 0 Å². The highest BCUT2D eigenvalue weighted by Gasteiger charge is 2.21. The molecule has 0 unspecified atom stereocenters. The van der Waals surface area contributed by atoms with Gasteiger partial charge in [0.1, 0.15) is 18.0 Å². The number of Topliss-reactive ketones (excluding diaryl/α,β-unsaturated/α-hetero) is 1. The Morgan fingerprint density at radius 3 is 2.21 bits per heavy atom. The fraction of sp³-hybridized carbons (Fsp3) is 0.643. The van der Waals surface area contributed by atoms with Crippen molar-refractivity contribution in [3.8, 4) is 0 Å². The number of nitrogens with zero attached hydrogens (tertiary/aromatic N) is 4. The minimum atomic E-state index is 0.301. The summed E-state index contributed by atoms with van der Waals surface area (Å²) < 4.78 is 0. The normalized spacial score (nSPS) is 20.7. The molecule has 19 heavy (non-hydrogen) atoms. The van der Waals surface area contributed by atoms with Crippen molar-refractivity contribution in [2.24, 2.45) is 0 Å². The smallest absolute Gasteiger partial charge is 0.153 e. The Morgan fingerprint density at radius 2 is 1.58 bits per heavy atom. The largest absolute Gasteiger partial charge is 0.356 e. The quantitative estimate of drug-likeness (QED) is 0.809. The lowest BCUT2D eigenvalue weighted by Crippen LogP contribution is -2.26. The van der Waals surface area contributed by atoms with E-state index < -0.39 is 0 Å². The van der Waals surface area contributed by atoms with Crippen molar-refractivity contribution in [3.05, 3.63) is 12.4 Å². The molecule has 0 aliphatic carbocycles. The van der Waals surface area contributed by atoms with Crippen LogP contribution >= 0.6 is 0 Å². The first-order valence-electron chi connectivity index (χ1n) is 7.16. The fourth-order valence-electron chi connectivity index (χ4n) is 2.81. The molecule has 2 fully saturated rings. The first-order chi connectivity index (χ1) is 9.33. The molecular weight excluding hydrogens is 240 g/mol. The molecule has 2 aliphatic rings. The van der Waals surface area contributed by atoms with Crippen LogP contribution in [-0.2, 0) is 4.79 Å². The highest BCUT2D eigenvalue weighted by molar-refractivity contribution is 5.86. The molecule has 1 aromatic heterocycles. The highest BCUT2D eigenvalue weighted by Crippen LogP contribution is 2.22. The zero-order chi connectivity index (χ0) is 13.1. The van der Waals surface area contributed by atoms with E-state index in [1.165, 1.54) is 25.7 Å². The maximum atomic E-state index is 11.4. The third kappa shape index (κ3) is 2.85. The summed E-state index contributed by atoms with van der Waals surface area (Å²) in [6.45, 7) is 3.44. The molecule has 0 aromatic carbocycles. The SMILES string of the molecule is O=C1CCN(c2cc(N3CCCCCC3)ncn2)C1. The van der Waals surface area contributed by atoms with E-state index in [9.17, 15) is 4.79 Å². The summed E-state index contributed by atoms with van der Waals surface area (Å²) in [5.41, 5.74) is 0. The Morgan fingerprint density at radius 1 is 0.895 bits per heavy atom. The second-order valence-electron chi connectivity index (χ2n) is 5.35. The predicted molar refractivity (Wildman–Crippen MR) is 74.6 cm³/mol. The average Bonchev–Trinajstić information content (AvgIpc) is 2.71. The van der Waals surface area contributed by atoms with Gasteiger partial charge in [-0.25, -0.2) is 9.97 Å². The number of carbonyl (C=O) groups excluding carboxylic acids is 1. The van der Waals surface area contributed by atoms with Gasteiger partial charge in [-0.15, -0.1) is 0 Å². The third-order valence-electron chi connectivity index (χ3n) is 3.92. The molecule has 0 radical (unpaired) electrons. The van der Waals surface area contributed by atoms with E-state index in [4.69, 9.17) is 0 Å². The molecule has 1 aromatic rings. The molecule has 5 nitrogen and oxygen atoms in total. The summed E-state index contributed by atoms with van der Waals surface area (Å²) in [7, 11) is 0. The van der Waals surface area contributed by atoms with E-state index in [-0.39, 0.29) is 0 Å². The summed E-state index contributed by atoms with van der Waals surface area (Å²) in [4.78, 5) is 24.5. The van der Waals surface area contributed by atoms with Crippen LogP contribution in [0.25, 0.3) is 0 Å². The van der Waals surface area contributed by atoms with Gasteiger partial charge in [0.25, 0.3) is 0 Å². The van der Waals surface area contributed by atoms with Crippen LogP contribution in [-0.4, -0.2) is 41.9 Å². The maximum Gasteiger partial charge on any atom is 0.153 e. The lowest BCUT2D eigenvalue weighted by Gasteiger charge is -2.23. The second kappa shape index (κ2) is 5.55. The van der Waals surface area contributed by atoms with Crippen LogP contribution in [0.2, 0.25) is 0 Å². The van der Waals surface area contributed by atoms with Crippen LogP contribution < -0.4 is 9.80 Å². The van der Waals surface area contributed by atoms with Gasteiger partial charge >= 0.3 is 0 Å². The molecule has 3 rings (SSSR count). The summed E-state index contributed by atoms with van der Waals surface area (Å²) in [6, 6.07) is 2.03. The number of anilines is 2. The van der Waals surface area contributed by atoms with Crippen molar-refractivity contribution in [2.45, 2.75) is 32.1 Å². The van der Waals surface area contributed by atoms with E-state index in [1.54, 1.807) is 6.33 Å². The Labute approximate surface area is 113 Å². The Balaban J connectivity index is 1.77. The topological polar surface area (TPSA) is 49.3 Å². The molecule has 2 aliphatic heterocycles. The molecule has 0 saturated carbocycles. The fourth-order valence-corrected chi connectivity index (χ4v) is 2.81. The summed E-state index contributed by atoms with van der Waals surface area (Å²) in [6.07, 6.45) is 7.37. The van der Waals surface area contributed by atoms with Gasteiger partial charge in [0.2, 0.25) is 0 Å². The van der Waals surface area contributed by atoms with Gasteiger partial charge in [0.15, 0.2) is 5.78 Å². The number of carbonyl (C=O) groups is 1. The van der Waals surface area contributed by atoms with Gasteiger partial charge in [-0.3, -0.25) is 4.79 Å². The molecule has 2 saturated heterocycles. The van der Waals surface area contributed by atoms with Crippen LogP contribution in [0.15, 0.2) is 12.4 Å². The molecule has 102 valence electrons. The van der Waals surface area contributed by atoms with E-state index >= 15 is 0 Å². The summed E-state index contributed by atoms with van der Waals surface area (Å²) >= 11 is 0. The monoisotopic (exact) mass is 260 g/mol. The minimum Gasteiger partial charge on any atom is -0.356 e. The highest BCUT2D eigenvalue weighted by atomic mass is 16.1. The van der Waals surface area contributed by atoms with E-state index in [2.05, 4.69) is 14.9 Å². The number of aromatic nitrogens is 2. The second-order valence-corrected chi connectivity index (χ2v) is 5.35. The van der Waals surface area contributed by atoms with Gasteiger partial charge in [-0.1, -0.05) is 12.8 Å². The van der Waals surface area contributed by atoms with Gasteiger partial charge in [-0.05, 0) is 12.8 Å². The van der Waals surface area contributed by atoms with E-state index in [0.29, 0.717) is 18.7 Å². The maximum absolute atomic E-state index is 11.4. The Hall–Kier alpha value is -1.65. The third-order valence-corrected chi connectivity index (χ3v) is 3.92. The van der Waals surface area contributed by atoms with Crippen molar-refractivity contribution >= 4 is 17.4 Å². The Kier molecular flexibility index (Phi) is 3.62. The molecule has 0 bridgehead atoms. The molecule has 0 amide bonds. The lowest BCUT2D eigenvalue weighted by atomic mass is 10.2. The van der Waals surface area contributed by atoms with Crippen LogP contribution in [0.5, 0.6) is 0 Å². The molecule has 0 N–H and O–H groups in total. The zero-order valence-corrected chi connectivity index (χ0v) is 11.2. The number of hydrogen-bond donors (Lipinski definition) is 0. The molecular formula is C14H20N4O. The first-order valence-corrected chi connectivity index (χ1v) is 7.16. The predicted octanol–water partition coefficient (Wildman–Crippen LogP) is 1.64. The van der Waals surface area contributed by atoms with Gasteiger partial charge in [-0.2, -0.15) is 0 Å². The van der Waals surface area contributed by atoms with Crippen molar-refractivity contribution in [1.82, 2.24) is 9.97 Å². The van der Waals surface area contributed by atoms with E-state index in [0.717, 1.165) is 31.3 Å². The van der Waals surface area contributed by atoms with Gasteiger partial charge in [0, 0.05) is 32.1 Å². The number of hydrogen-bond acceptors (Lipinski definition) is 5. The van der Waals surface area contributed by atoms with Crippen LogP contribution in [0.1, 0.15) is 32.1 Å². The standard InChI is InChI=1S/C14H20N4O/c19-12-5-8-18(10-12)14-9-13(15-11-16-14)17-6-3-1-2-4-7-17/h9,11H,1-8,10H2. The van der Waals surface area contributed by atoms with Crippen molar-refractivity contribution < 1.29 is 4.79 Å². The minimum absolute atomic E-state index is 0.301. The molecule has 0 atom stereocenters. The molecule has 5 heteroatoms. The Bertz CT molecular complexity index is 455. The molecule has 3 heterocycles. The number of rotatable bonds is 2. The summed E-state index contributed by atoms with van der Waals surface area (Å²) in [5.74, 6) is 2.20. The lowest BCUT2D eigenvalue weighted by molar-refractivity contribution is -0.116. The summed E-state index contributed by atoms with van der Waals surface area (Å²) in [5, 5.41) is 0. The number of ketones is 1. The van der Waals surface area contributed by atoms with E-state index in [1.807, 2.05) is 11.0 Å². The van der Waals surface area contributed by atoms with Gasteiger partial charge in [0.05, 0.1) is 6.54 Å². The average molecular weight is 260 g/mol. The first kappa shape index (κ1) is 12.4. The zero-order valence-electron chi connectivity index (χ0n) is 11.2. The van der Waals surface area contributed by atoms with Crippen LogP contribution in [0.4, 0.5) is 11.6 Å². The van der Waals surface area contributed by atoms with Crippen LogP contribution in [0.3, 0.4) is 0 Å². The van der Waals surface area contributed by atoms with Gasteiger partial charge < -0.3 is 9.80 Å². The molecule has 0 spiro atoms. The van der Waals surface area contributed by atoms with Crippen molar-refractivity contribution in [3.63, 3.8) is 0 Å².